The van der Waals surface area contributed by atoms with Crippen LogP contribution in [0, 0.1) is 5.92 Å². The molecule has 2 unspecified atom stereocenters. The maximum absolute atomic E-state index is 12.4. The molecule has 0 fully saturated rings. The molecule has 0 aliphatic rings. The van der Waals surface area contributed by atoms with Crippen LogP contribution in [0.5, 0.6) is 0 Å². The van der Waals surface area contributed by atoms with Gasteiger partial charge in [0.1, 0.15) is 0 Å². The smallest absolute Gasteiger partial charge is 0.328 e. The topological polar surface area (TPSA) is 56.0 Å². The number of aromatic nitrogens is 1. The van der Waals surface area contributed by atoms with Gasteiger partial charge in [-0.25, -0.2) is 4.98 Å². The van der Waals surface area contributed by atoms with Crippen molar-refractivity contribution < 1.29 is 18.0 Å². The van der Waals surface area contributed by atoms with E-state index >= 15 is 0 Å². The lowest BCUT2D eigenvalue weighted by molar-refractivity contribution is -0.137. The third kappa shape index (κ3) is 4.91. The first kappa shape index (κ1) is 16.1. The van der Waals surface area contributed by atoms with Crippen molar-refractivity contribution in [3.8, 4) is 0 Å². The minimum absolute atomic E-state index is 0.0700. The Bertz CT molecular complexity index is 429. The van der Waals surface area contributed by atoms with E-state index in [1.54, 1.807) is 6.92 Å². The van der Waals surface area contributed by atoms with Gasteiger partial charge >= 0.3 is 6.18 Å². The number of thiazole rings is 1. The van der Waals surface area contributed by atoms with Gasteiger partial charge in [-0.3, -0.25) is 4.79 Å². The molecule has 0 bridgehead atoms. The lowest BCUT2D eigenvalue weighted by Gasteiger charge is -2.10. The van der Waals surface area contributed by atoms with E-state index in [-0.39, 0.29) is 22.6 Å². The monoisotopic (exact) mass is 294 g/mol. The number of hydrogen-bond acceptors (Lipinski definition) is 4. The van der Waals surface area contributed by atoms with Crippen molar-refractivity contribution in [2.45, 2.75) is 45.3 Å². The van der Waals surface area contributed by atoms with Crippen molar-refractivity contribution in [3.63, 3.8) is 0 Å². The number of hydrogen-bond donors (Lipinski definition) is 1. The highest BCUT2D eigenvalue weighted by molar-refractivity contribution is 7.13. The van der Waals surface area contributed by atoms with Crippen molar-refractivity contribution in [2.24, 2.45) is 11.7 Å². The molecule has 0 spiro atoms. The Morgan fingerprint density at radius 1 is 1.42 bits per heavy atom. The van der Waals surface area contributed by atoms with Gasteiger partial charge in [0.2, 0.25) is 0 Å². The third-order valence-electron chi connectivity index (χ3n) is 2.74. The number of nitrogens with zero attached hydrogens (tertiary/aromatic N) is 1. The SMILES string of the molecule is CC(N)CCCC(C)C(=O)c1cnc(C(F)(F)F)s1. The van der Waals surface area contributed by atoms with Gasteiger partial charge in [-0.1, -0.05) is 13.3 Å². The number of halogens is 3. The van der Waals surface area contributed by atoms with Crippen LogP contribution in [0.15, 0.2) is 6.20 Å². The van der Waals surface area contributed by atoms with E-state index in [9.17, 15) is 18.0 Å². The van der Waals surface area contributed by atoms with Crippen LogP contribution in [0.3, 0.4) is 0 Å². The number of alkyl halides is 3. The maximum atomic E-state index is 12.4. The molecule has 0 aliphatic carbocycles. The minimum atomic E-state index is -4.48. The van der Waals surface area contributed by atoms with Gasteiger partial charge < -0.3 is 5.73 Å². The second-order valence-electron chi connectivity index (χ2n) is 4.70. The highest BCUT2D eigenvalue weighted by atomic mass is 32.1. The summed E-state index contributed by atoms with van der Waals surface area (Å²) in [6, 6.07) is 0.0718. The van der Waals surface area contributed by atoms with Gasteiger partial charge in [-0.15, -0.1) is 11.3 Å². The molecule has 0 amide bonds. The fourth-order valence-corrected chi connectivity index (χ4v) is 2.48. The summed E-state index contributed by atoms with van der Waals surface area (Å²) in [6.07, 6.45) is -1.26. The molecule has 7 heteroatoms. The summed E-state index contributed by atoms with van der Waals surface area (Å²) in [5, 5.41) is -0.973. The zero-order valence-electron chi connectivity index (χ0n) is 10.8. The molecule has 0 aliphatic heterocycles. The zero-order chi connectivity index (χ0) is 14.6. The van der Waals surface area contributed by atoms with Gasteiger partial charge in [0.25, 0.3) is 0 Å². The van der Waals surface area contributed by atoms with Crippen molar-refractivity contribution in [1.82, 2.24) is 4.98 Å². The van der Waals surface area contributed by atoms with E-state index in [1.165, 1.54) is 0 Å². The van der Waals surface area contributed by atoms with Crippen molar-refractivity contribution in [2.75, 3.05) is 0 Å². The molecule has 0 saturated carbocycles. The largest absolute Gasteiger partial charge is 0.443 e. The molecule has 0 radical (unpaired) electrons. The molecule has 0 saturated heterocycles. The molecule has 1 heterocycles. The van der Waals surface area contributed by atoms with Crippen molar-refractivity contribution in [1.29, 1.82) is 0 Å². The van der Waals surface area contributed by atoms with Crippen LogP contribution in [0.4, 0.5) is 13.2 Å². The van der Waals surface area contributed by atoms with Gasteiger partial charge in [-0.05, 0) is 19.8 Å². The second-order valence-corrected chi connectivity index (χ2v) is 5.73. The summed E-state index contributed by atoms with van der Waals surface area (Å²) >= 11 is 0.406. The lowest BCUT2D eigenvalue weighted by Crippen LogP contribution is -2.16. The van der Waals surface area contributed by atoms with Crippen LogP contribution < -0.4 is 5.73 Å². The highest BCUT2D eigenvalue weighted by Gasteiger charge is 2.35. The molecule has 1 aromatic heterocycles. The number of rotatable bonds is 6. The average Bonchev–Trinajstić information content (AvgIpc) is 2.76. The van der Waals surface area contributed by atoms with E-state index in [0.717, 1.165) is 19.0 Å². The Kier molecular flexibility index (Phi) is 5.49. The van der Waals surface area contributed by atoms with Crippen LogP contribution in [-0.4, -0.2) is 16.8 Å². The predicted molar refractivity (Wildman–Crippen MR) is 68.1 cm³/mol. The first-order chi connectivity index (χ1) is 8.71. The molecule has 2 N–H and O–H groups in total. The molecule has 2 atom stereocenters. The van der Waals surface area contributed by atoms with Crippen LogP contribution >= 0.6 is 11.3 Å². The second kappa shape index (κ2) is 6.47. The first-order valence-electron chi connectivity index (χ1n) is 6.04. The Morgan fingerprint density at radius 3 is 2.53 bits per heavy atom. The van der Waals surface area contributed by atoms with Gasteiger partial charge in [0, 0.05) is 18.2 Å². The summed E-state index contributed by atoms with van der Waals surface area (Å²) in [7, 11) is 0. The van der Waals surface area contributed by atoms with E-state index < -0.39 is 11.2 Å². The van der Waals surface area contributed by atoms with E-state index in [0.29, 0.717) is 17.8 Å². The minimum Gasteiger partial charge on any atom is -0.328 e. The third-order valence-corrected chi connectivity index (χ3v) is 3.79. The molecule has 1 aromatic rings. The molecule has 19 heavy (non-hydrogen) atoms. The molecular weight excluding hydrogens is 277 g/mol. The van der Waals surface area contributed by atoms with Crippen molar-refractivity contribution in [3.05, 3.63) is 16.1 Å². The zero-order valence-corrected chi connectivity index (χ0v) is 11.6. The average molecular weight is 294 g/mol. The van der Waals surface area contributed by atoms with Gasteiger partial charge in [-0.2, -0.15) is 13.2 Å². The summed E-state index contributed by atoms with van der Waals surface area (Å²) in [6.45, 7) is 3.60. The Labute approximate surface area is 114 Å². The maximum Gasteiger partial charge on any atom is 0.443 e. The van der Waals surface area contributed by atoms with Crippen molar-refractivity contribution >= 4 is 17.1 Å². The lowest BCUT2D eigenvalue weighted by atomic mass is 9.97. The number of carbonyl (C=O) groups is 1. The van der Waals surface area contributed by atoms with Gasteiger partial charge in [0.05, 0.1) is 4.88 Å². The molecule has 3 nitrogen and oxygen atoms in total. The Hall–Kier alpha value is -0.950. The van der Waals surface area contributed by atoms with E-state index in [1.807, 2.05) is 6.92 Å². The summed E-state index contributed by atoms with van der Waals surface area (Å²) < 4.78 is 37.1. The quantitative estimate of drug-likeness (QED) is 0.817. The predicted octanol–water partition coefficient (Wildman–Crippen LogP) is 3.50. The summed E-state index contributed by atoms with van der Waals surface area (Å²) in [5.41, 5.74) is 5.60. The highest BCUT2D eigenvalue weighted by Crippen LogP contribution is 2.33. The standard InChI is InChI=1S/C12H17F3N2OS/c1-7(4-3-5-8(2)16)10(18)9-6-17-11(19-9)12(13,14)15/h6-8H,3-5,16H2,1-2H3. The fourth-order valence-electron chi connectivity index (χ4n) is 1.64. The molecule has 108 valence electrons. The van der Waals surface area contributed by atoms with Crippen LogP contribution in [0.2, 0.25) is 0 Å². The van der Waals surface area contributed by atoms with E-state index in [2.05, 4.69) is 4.98 Å². The number of ketones is 1. The Balaban J connectivity index is 2.60. The number of Topliss-reactive ketones (excluding diaryl/α,β-unsaturated/α-hetero) is 1. The van der Waals surface area contributed by atoms with Crippen LogP contribution in [-0.2, 0) is 6.18 Å². The van der Waals surface area contributed by atoms with Crippen LogP contribution in [0.1, 0.15) is 47.8 Å². The number of nitrogens with two attached hydrogens (primary N) is 1. The fraction of sp³-hybridized carbons (Fsp3) is 0.667. The summed E-state index contributed by atoms with van der Waals surface area (Å²) in [5.74, 6) is -0.585. The Morgan fingerprint density at radius 2 is 2.05 bits per heavy atom. The van der Waals surface area contributed by atoms with Crippen LogP contribution in [0.25, 0.3) is 0 Å². The van der Waals surface area contributed by atoms with Gasteiger partial charge in [0.15, 0.2) is 10.8 Å². The van der Waals surface area contributed by atoms with E-state index in [4.69, 9.17) is 5.73 Å². The first-order valence-corrected chi connectivity index (χ1v) is 6.86. The normalized spacial score (nSPS) is 15.3. The summed E-state index contributed by atoms with van der Waals surface area (Å²) in [4.78, 5) is 15.3. The molecule has 0 aromatic carbocycles. The molecule has 1 rings (SSSR count). The molecular formula is C12H17F3N2OS. The number of carbonyl (C=O) groups excluding carboxylic acids is 1.